The second kappa shape index (κ2) is 9.13. The van der Waals surface area contributed by atoms with E-state index in [4.69, 9.17) is 19.8 Å². The van der Waals surface area contributed by atoms with Gasteiger partial charge in [0.25, 0.3) is 5.91 Å². The van der Waals surface area contributed by atoms with Gasteiger partial charge in [-0.1, -0.05) is 23.4 Å². The van der Waals surface area contributed by atoms with Gasteiger partial charge in [-0.05, 0) is 47.6 Å². The molecular formula is C22H21N9O4. The molecule has 35 heavy (non-hydrogen) atoms. The molecule has 1 aliphatic heterocycles. The third kappa shape index (κ3) is 4.34. The van der Waals surface area contributed by atoms with Crippen molar-refractivity contribution in [1.29, 1.82) is 0 Å². The summed E-state index contributed by atoms with van der Waals surface area (Å²) in [6.07, 6.45) is 0. The molecule has 13 heteroatoms. The maximum Gasteiger partial charge on any atom is 0.293 e. The minimum Gasteiger partial charge on any atom is -0.454 e. The lowest BCUT2D eigenvalue weighted by Gasteiger charge is -2.19. The molecule has 4 aromatic rings. The number of benzene rings is 2. The first kappa shape index (κ1) is 21.9. The molecule has 178 valence electrons. The van der Waals surface area contributed by atoms with Gasteiger partial charge in [0, 0.05) is 18.3 Å². The highest BCUT2D eigenvalue weighted by molar-refractivity contribution is 6.01. The number of hydrogen-bond donors (Lipinski definition) is 2. The Hall–Kier alpha value is -4.94. The lowest BCUT2D eigenvalue weighted by Crippen LogP contribution is -2.25. The van der Waals surface area contributed by atoms with E-state index in [9.17, 15) is 4.79 Å². The number of nitrogens with zero attached hydrogens (tertiary/aromatic N) is 7. The SMILES string of the molecule is C/C(=N\NC(=O)c1nnn(-c2nonc2N)c1CN(C)c1ccccc1)c1ccc2c(c1)OCO2. The molecule has 3 N–H and O–H groups in total. The van der Waals surface area contributed by atoms with Gasteiger partial charge < -0.3 is 20.1 Å². The van der Waals surface area contributed by atoms with Crippen LogP contribution in [0.2, 0.25) is 0 Å². The van der Waals surface area contributed by atoms with Crippen LogP contribution in [0, 0.1) is 0 Å². The molecule has 2 aromatic carbocycles. The average Bonchev–Trinajstić information content (AvgIpc) is 3.62. The van der Waals surface area contributed by atoms with E-state index in [-0.39, 0.29) is 30.7 Å². The topological polar surface area (TPSA) is 159 Å². The van der Waals surface area contributed by atoms with Crippen molar-refractivity contribution in [1.82, 2.24) is 30.7 Å². The number of ether oxygens (including phenoxy) is 2. The van der Waals surface area contributed by atoms with Crippen LogP contribution in [0.5, 0.6) is 11.5 Å². The molecule has 0 aliphatic carbocycles. The summed E-state index contributed by atoms with van der Waals surface area (Å²) in [5, 5.41) is 19.7. The van der Waals surface area contributed by atoms with Crippen molar-refractivity contribution in [3.8, 4) is 17.3 Å². The quantitative estimate of drug-likeness (QED) is 0.298. The molecule has 0 unspecified atom stereocenters. The predicted molar refractivity (Wildman–Crippen MR) is 124 cm³/mol. The number of carbonyl (C=O) groups is 1. The number of amides is 1. The Morgan fingerprint density at radius 3 is 2.74 bits per heavy atom. The number of hydrazone groups is 1. The van der Waals surface area contributed by atoms with Crippen LogP contribution in [0.1, 0.15) is 28.7 Å². The highest BCUT2D eigenvalue weighted by atomic mass is 16.7. The van der Waals surface area contributed by atoms with Gasteiger partial charge in [-0.2, -0.15) is 9.78 Å². The zero-order valence-electron chi connectivity index (χ0n) is 18.9. The normalized spacial score (nSPS) is 12.6. The van der Waals surface area contributed by atoms with E-state index in [1.54, 1.807) is 19.1 Å². The molecular weight excluding hydrogens is 454 g/mol. The molecule has 1 aliphatic rings. The molecule has 3 heterocycles. The first-order valence-electron chi connectivity index (χ1n) is 10.5. The zero-order chi connectivity index (χ0) is 24.4. The highest BCUT2D eigenvalue weighted by Crippen LogP contribution is 2.32. The average molecular weight is 475 g/mol. The first-order valence-corrected chi connectivity index (χ1v) is 10.5. The number of nitrogens with two attached hydrogens (primary N) is 1. The Morgan fingerprint density at radius 2 is 1.97 bits per heavy atom. The maximum atomic E-state index is 13.1. The van der Waals surface area contributed by atoms with Crippen LogP contribution in [-0.4, -0.2) is 50.8 Å². The standard InChI is InChI=1S/C22H21N9O4/c1-13(14-8-9-17-18(10-14)34-12-33-17)24-26-22(32)19-16(11-30(2)15-6-4-3-5-7-15)31(29-25-19)21-20(23)27-35-28-21/h3-10H,11-12H2,1-2H3,(H2,23,27)(H,26,32)/b24-13+. The number of para-hydroxylation sites is 1. The summed E-state index contributed by atoms with van der Waals surface area (Å²) in [7, 11) is 1.88. The van der Waals surface area contributed by atoms with Crippen LogP contribution in [0.3, 0.4) is 0 Å². The summed E-state index contributed by atoms with van der Waals surface area (Å²) in [5.41, 5.74) is 11.1. The molecule has 0 atom stereocenters. The minimum absolute atomic E-state index is 0.0159. The van der Waals surface area contributed by atoms with Crippen molar-refractivity contribution in [2.24, 2.45) is 5.10 Å². The number of anilines is 2. The van der Waals surface area contributed by atoms with Gasteiger partial charge >= 0.3 is 0 Å². The Morgan fingerprint density at radius 1 is 1.17 bits per heavy atom. The number of hydrogen-bond acceptors (Lipinski definition) is 11. The van der Waals surface area contributed by atoms with Crippen LogP contribution in [0.25, 0.3) is 5.82 Å². The van der Waals surface area contributed by atoms with Gasteiger partial charge in [0.1, 0.15) is 0 Å². The van der Waals surface area contributed by atoms with Crippen LogP contribution in [0.4, 0.5) is 11.5 Å². The van der Waals surface area contributed by atoms with Crippen molar-refractivity contribution >= 4 is 23.1 Å². The fourth-order valence-electron chi connectivity index (χ4n) is 3.50. The number of fused-ring (bicyclic) bond motifs is 1. The third-order valence-electron chi connectivity index (χ3n) is 5.37. The largest absolute Gasteiger partial charge is 0.454 e. The van der Waals surface area contributed by atoms with E-state index in [2.05, 4.69) is 31.2 Å². The van der Waals surface area contributed by atoms with E-state index in [0.29, 0.717) is 22.9 Å². The lowest BCUT2D eigenvalue weighted by atomic mass is 10.1. The zero-order valence-corrected chi connectivity index (χ0v) is 18.9. The fraction of sp³-hybridized carbons (Fsp3) is 0.182. The maximum absolute atomic E-state index is 13.1. The minimum atomic E-state index is -0.553. The smallest absolute Gasteiger partial charge is 0.293 e. The summed E-state index contributed by atoms with van der Waals surface area (Å²) in [5.74, 6) is 0.880. The predicted octanol–water partition coefficient (Wildman–Crippen LogP) is 1.75. The van der Waals surface area contributed by atoms with Crippen molar-refractivity contribution < 1.29 is 18.9 Å². The summed E-state index contributed by atoms with van der Waals surface area (Å²) in [4.78, 5) is 15.0. The highest BCUT2D eigenvalue weighted by Gasteiger charge is 2.25. The summed E-state index contributed by atoms with van der Waals surface area (Å²) >= 11 is 0. The lowest BCUT2D eigenvalue weighted by molar-refractivity contribution is 0.0948. The van der Waals surface area contributed by atoms with Crippen LogP contribution >= 0.6 is 0 Å². The van der Waals surface area contributed by atoms with E-state index in [0.717, 1.165) is 11.3 Å². The third-order valence-corrected chi connectivity index (χ3v) is 5.37. The number of rotatable bonds is 7. The van der Waals surface area contributed by atoms with E-state index in [1.165, 1.54) is 4.68 Å². The molecule has 0 saturated carbocycles. The van der Waals surface area contributed by atoms with Gasteiger partial charge in [-0.15, -0.1) is 5.10 Å². The van der Waals surface area contributed by atoms with E-state index in [1.807, 2.05) is 48.3 Å². The Kier molecular flexibility index (Phi) is 5.71. The van der Waals surface area contributed by atoms with Gasteiger partial charge in [0.15, 0.2) is 17.2 Å². The molecule has 0 spiro atoms. The molecule has 0 bridgehead atoms. The number of carbonyl (C=O) groups excluding carboxylic acids is 1. The van der Waals surface area contributed by atoms with Crippen molar-refractivity contribution in [2.75, 3.05) is 24.5 Å². The van der Waals surface area contributed by atoms with Crippen molar-refractivity contribution in [3.05, 3.63) is 65.5 Å². The molecule has 0 radical (unpaired) electrons. The molecule has 5 rings (SSSR count). The van der Waals surface area contributed by atoms with Crippen LogP contribution in [0.15, 0.2) is 58.3 Å². The van der Waals surface area contributed by atoms with Gasteiger partial charge in [-0.3, -0.25) is 4.79 Å². The molecule has 0 fully saturated rings. The Balaban J connectivity index is 1.42. The van der Waals surface area contributed by atoms with Crippen LogP contribution < -0.4 is 25.5 Å². The van der Waals surface area contributed by atoms with E-state index < -0.39 is 5.91 Å². The van der Waals surface area contributed by atoms with Crippen LogP contribution in [-0.2, 0) is 6.54 Å². The molecule has 0 saturated heterocycles. The monoisotopic (exact) mass is 475 g/mol. The molecule has 2 aromatic heterocycles. The summed E-state index contributed by atoms with van der Waals surface area (Å²) < 4.78 is 16.8. The first-order chi connectivity index (χ1) is 17.0. The molecule has 1 amide bonds. The van der Waals surface area contributed by atoms with Crippen molar-refractivity contribution in [3.63, 3.8) is 0 Å². The van der Waals surface area contributed by atoms with E-state index >= 15 is 0 Å². The number of nitrogen functional groups attached to an aromatic ring is 1. The second-order valence-corrected chi connectivity index (χ2v) is 7.67. The van der Waals surface area contributed by atoms with Gasteiger partial charge in [0.05, 0.1) is 18.0 Å². The summed E-state index contributed by atoms with van der Waals surface area (Å²) in [6.45, 7) is 2.20. The fourth-order valence-corrected chi connectivity index (χ4v) is 3.50. The number of aromatic nitrogens is 5. The Labute approximate surface area is 199 Å². The van der Waals surface area contributed by atoms with Gasteiger partial charge in [0.2, 0.25) is 18.4 Å². The molecule has 13 nitrogen and oxygen atoms in total. The van der Waals surface area contributed by atoms with Gasteiger partial charge in [-0.25, -0.2) is 10.1 Å². The number of nitrogens with one attached hydrogen (secondary N) is 1. The second-order valence-electron chi connectivity index (χ2n) is 7.67. The van der Waals surface area contributed by atoms with Crippen molar-refractivity contribution in [2.45, 2.75) is 13.5 Å². The summed E-state index contributed by atoms with van der Waals surface area (Å²) in [6, 6.07) is 15.1. The Bertz CT molecular complexity index is 1400.